The second-order valence-electron chi connectivity index (χ2n) is 4.55. The van der Waals surface area contributed by atoms with Gasteiger partial charge in [0.2, 0.25) is 0 Å². The van der Waals surface area contributed by atoms with Crippen molar-refractivity contribution < 1.29 is 22.7 Å². The van der Waals surface area contributed by atoms with Gasteiger partial charge in [-0.25, -0.2) is 4.39 Å². The lowest BCUT2D eigenvalue weighted by Crippen LogP contribution is -2.26. The molecule has 100 valence electrons. The molecule has 1 nitrogen and oxygen atoms in total. The largest absolute Gasteiger partial charge is 0.419 e. The maximum absolute atomic E-state index is 13.1. The highest BCUT2D eigenvalue weighted by atomic mass is 32.2. The number of alkyl halides is 3. The molecule has 0 aliphatic carbocycles. The molecule has 0 radical (unpaired) electrons. The predicted molar refractivity (Wildman–Crippen MR) is 61.8 cm³/mol. The Morgan fingerprint density at radius 1 is 1.39 bits per heavy atom. The van der Waals surface area contributed by atoms with E-state index in [4.69, 9.17) is 0 Å². The minimum Gasteiger partial charge on any atom is -0.384 e. The third kappa shape index (κ3) is 2.49. The van der Waals surface area contributed by atoms with Crippen molar-refractivity contribution in [2.24, 2.45) is 0 Å². The number of halogens is 4. The molecule has 1 fully saturated rings. The molecule has 1 aromatic rings. The van der Waals surface area contributed by atoms with E-state index in [9.17, 15) is 22.7 Å². The number of benzene rings is 1. The second kappa shape index (κ2) is 4.42. The fourth-order valence-corrected chi connectivity index (χ4v) is 3.34. The van der Waals surface area contributed by atoms with Gasteiger partial charge in [0, 0.05) is 11.0 Å². The number of aliphatic hydroxyl groups is 1. The molecule has 0 saturated carbocycles. The summed E-state index contributed by atoms with van der Waals surface area (Å²) >= 11 is 1.49. The first-order chi connectivity index (χ1) is 8.22. The molecule has 2 unspecified atom stereocenters. The summed E-state index contributed by atoms with van der Waals surface area (Å²) in [4.78, 5) is 0. The van der Waals surface area contributed by atoms with Crippen LogP contribution in [-0.2, 0) is 11.8 Å². The molecule has 1 aliphatic rings. The van der Waals surface area contributed by atoms with Gasteiger partial charge < -0.3 is 5.11 Å². The Morgan fingerprint density at radius 3 is 2.56 bits per heavy atom. The Labute approximate surface area is 106 Å². The quantitative estimate of drug-likeness (QED) is 0.794. The zero-order valence-corrected chi connectivity index (χ0v) is 10.4. The molecular formula is C12H12F4OS. The molecule has 1 aliphatic heterocycles. The van der Waals surface area contributed by atoms with Crippen molar-refractivity contribution in [2.45, 2.75) is 30.4 Å². The monoisotopic (exact) mass is 280 g/mol. The Hall–Kier alpha value is -0.750. The van der Waals surface area contributed by atoms with E-state index in [0.29, 0.717) is 18.2 Å². The molecule has 0 amide bonds. The molecule has 1 aromatic carbocycles. The van der Waals surface area contributed by atoms with E-state index < -0.39 is 23.2 Å². The van der Waals surface area contributed by atoms with Crippen molar-refractivity contribution in [1.29, 1.82) is 0 Å². The van der Waals surface area contributed by atoms with Crippen LogP contribution in [0.2, 0.25) is 0 Å². The summed E-state index contributed by atoms with van der Waals surface area (Å²) in [7, 11) is 0. The highest BCUT2D eigenvalue weighted by Gasteiger charge is 2.40. The van der Waals surface area contributed by atoms with Crippen LogP contribution in [0.1, 0.15) is 24.5 Å². The second-order valence-corrected chi connectivity index (χ2v) is 5.98. The van der Waals surface area contributed by atoms with Crippen LogP contribution in [0.3, 0.4) is 0 Å². The van der Waals surface area contributed by atoms with Crippen LogP contribution in [-0.4, -0.2) is 16.1 Å². The van der Waals surface area contributed by atoms with Crippen molar-refractivity contribution in [3.8, 4) is 0 Å². The number of hydrogen-bond donors (Lipinski definition) is 1. The molecule has 1 heterocycles. The molecule has 1 saturated heterocycles. The van der Waals surface area contributed by atoms with Crippen molar-refractivity contribution in [1.82, 2.24) is 0 Å². The smallest absolute Gasteiger partial charge is 0.384 e. The van der Waals surface area contributed by atoms with Gasteiger partial charge in [0.25, 0.3) is 0 Å². The Bertz CT molecular complexity index is 460. The number of rotatable bonds is 1. The van der Waals surface area contributed by atoms with Crippen molar-refractivity contribution in [2.75, 3.05) is 5.75 Å². The van der Waals surface area contributed by atoms with Crippen LogP contribution in [0.4, 0.5) is 17.6 Å². The van der Waals surface area contributed by atoms with E-state index in [0.717, 1.165) is 6.07 Å². The maximum Gasteiger partial charge on any atom is 0.419 e. The van der Waals surface area contributed by atoms with Crippen LogP contribution < -0.4 is 0 Å². The highest BCUT2D eigenvalue weighted by Crippen LogP contribution is 2.43. The molecule has 2 rings (SSSR count). The first-order valence-electron chi connectivity index (χ1n) is 5.43. The fourth-order valence-electron chi connectivity index (χ4n) is 2.11. The number of hydrogen-bond acceptors (Lipinski definition) is 2. The minimum atomic E-state index is -4.74. The van der Waals surface area contributed by atoms with Gasteiger partial charge in [-0.15, -0.1) is 0 Å². The summed E-state index contributed by atoms with van der Waals surface area (Å²) in [6.07, 6.45) is -4.37. The Kier molecular flexibility index (Phi) is 3.36. The third-order valence-electron chi connectivity index (χ3n) is 3.04. The van der Waals surface area contributed by atoms with Crippen LogP contribution >= 0.6 is 11.8 Å². The molecule has 1 N–H and O–H groups in total. The summed E-state index contributed by atoms with van der Waals surface area (Å²) < 4.78 is 50.9. The van der Waals surface area contributed by atoms with Gasteiger partial charge in [-0.1, -0.05) is 13.0 Å². The van der Waals surface area contributed by atoms with Crippen molar-refractivity contribution in [3.05, 3.63) is 35.1 Å². The lowest BCUT2D eigenvalue weighted by molar-refractivity contribution is -0.140. The van der Waals surface area contributed by atoms with Gasteiger partial charge in [0.05, 0.1) is 11.2 Å². The average Bonchev–Trinajstić information content (AvgIpc) is 2.58. The molecule has 0 aromatic heterocycles. The maximum atomic E-state index is 13.1. The third-order valence-corrected chi connectivity index (χ3v) is 4.42. The zero-order chi connectivity index (χ0) is 13.6. The van der Waals surface area contributed by atoms with Gasteiger partial charge in [0.15, 0.2) is 0 Å². The van der Waals surface area contributed by atoms with Crippen molar-refractivity contribution in [3.63, 3.8) is 0 Å². The Morgan fingerprint density at radius 2 is 2.06 bits per heavy atom. The average molecular weight is 280 g/mol. The van der Waals surface area contributed by atoms with E-state index in [2.05, 4.69) is 0 Å². The van der Waals surface area contributed by atoms with E-state index in [1.165, 1.54) is 17.8 Å². The van der Waals surface area contributed by atoms with Gasteiger partial charge in [-0.05, 0) is 24.1 Å². The predicted octanol–water partition coefficient (Wildman–Crippen LogP) is 3.56. The van der Waals surface area contributed by atoms with Crippen molar-refractivity contribution >= 4 is 11.8 Å². The van der Waals surface area contributed by atoms with Crippen LogP contribution in [0.25, 0.3) is 0 Å². The fraction of sp³-hybridized carbons (Fsp3) is 0.500. The van der Waals surface area contributed by atoms with E-state index >= 15 is 0 Å². The van der Waals surface area contributed by atoms with Crippen LogP contribution in [0.5, 0.6) is 0 Å². The summed E-state index contributed by atoms with van der Waals surface area (Å²) in [5.41, 5.74) is -2.48. The minimum absolute atomic E-state index is 0.132. The summed E-state index contributed by atoms with van der Waals surface area (Å²) in [5, 5.41) is 10.5. The molecule has 0 bridgehead atoms. The zero-order valence-electron chi connectivity index (χ0n) is 9.59. The molecule has 0 spiro atoms. The summed E-state index contributed by atoms with van der Waals surface area (Å²) in [6.45, 7) is 1.90. The number of thioether (sulfide) groups is 1. The van der Waals surface area contributed by atoms with Crippen LogP contribution in [0.15, 0.2) is 18.2 Å². The SMILES string of the molecule is CC1CC(O)(c2ccc(F)c(C(F)(F)F)c2)CS1. The van der Waals surface area contributed by atoms with E-state index in [-0.39, 0.29) is 10.8 Å². The highest BCUT2D eigenvalue weighted by molar-refractivity contribution is 8.00. The molecule has 6 heteroatoms. The van der Waals surface area contributed by atoms with E-state index in [1.807, 2.05) is 6.92 Å². The first kappa shape index (κ1) is 13.7. The van der Waals surface area contributed by atoms with E-state index in [1.54, 1.807) is 0 Å². The lowest BCUT2D eigenvalue weighted by atomic mass is 9.90. The topological polar surface area (TPSA) is 20.2 Å². The first-order valence-corrected chi connectivity index (χ1v) is 6.48. The van der Waals surface area contributed by atoms with Gasteiger partial charge in [0.1, 0.15) is 5.82 Å². The Balaban J connectivity index is 2.42. The lowest BCUT2D eigenvalue weighted by Gasteiger charge is -2.23. The summed E-state index contributed by atoms with van der Waals surface area (Å²) in [5.74, 6) is -0.981. The van der Waals surface area contributed by atoms with Crippen LogP contribution in [0, 0.1) is 5.82 Å². The normalized spacial score (nSPS) is 28.7. The van der Waals surface area contributed by atoms with Gasteiger partial charge in [-0.2, -0.15) is 24.9 Å². The molecular weight excluding hydrogens is 268 g/mol. The molecule has 18 heavy (non-hydrogen) atoms. The standard InChI is InChI=1S/C12H12F4OS/c1-7-5-11(17,6-18-7)8-2-3-10(13)9(4-8)12(14,15)16/h2-4,7,17H,5-6H2,1H3. The molecule has 2 atom stereocenters. The summed E-state index contributed by atoms with van der Waals surface area (Å²) in [6, 6.07) is 2.71. The van der Waals surface area contributed by atoms with Gasteiger partial charge in [-0.3, -0.25) is 0 Å². The van der Waals surface area contributed by atoms with Gasteiger partial charge >= 0.3 is 6.18 Å².